The van der Waals surface area contributed by atoms with E-state index in [-0.39, 0.29) is 0 Å². The molecule has 0 unspecified atom stereocenters. The van der Waals surface area contributed by atoms with Gasteiger partial charge in [0.1, 0.15) is 0 Å². The molecule has 0 amide bonds. The lowest BCUT2D eigenvalue weighted by Gasteiger charge is -2.32. The summed E-state index contributed by atoms with van der Waals surface area (Å²) in [6, 6.07) is 12.6. The van der Waals surface area contributed by atoms with Crippen molar-refractivity contribution < 1.29 is 0 Å². The van der Waals surface area contributed by atoms with E-state index in [2.05, 4.69) is 34.1 Å². The smallest absolute Gasteiger partial charge is 0.0314 e. The number of benzene rings is 1. The molecular formula is C17H21N3. The highest BCUT2D eigenvalue weighted by Gasteiger charge is 2.20. The van der Waals surface area contributed by atoms with Crippen LogP contribution in [0.4, 0.5) is 5.69 Å². The highest BCUT2D eigenvalue weighted by Crippen LogP contribution is 2.29. The number of likely N-dealkylation sites (tertiary alicyclic amines) is 1. The molecule has 0 saturated carbocycles. The van der Waals surface area contributed by atoms with Gasteiger partial charge in [-0.25, -0.2) is 0 Å². The first-order valence-corrected chi connectivity index (χ1v) is 7.28. The molecule has 2 heterocycles. The second-order valence-electron chi connectivity index (χ2n) is 5.57. The first-order valence-electron chi connectivity index (χ1n) is 7.28. The summed E-state index contributed by atoms with van der Waals surface area (Å²) in [7, 11) is 0. The number of pyridine rings is 1. The lowest BCUT2D eigenvalue weighted by molar-refractivity contribution is 0.204. The molecule has 0 atom stereocenters. The highest BCUT2D eigenvalue weighted by molar-refractivity contribution is 5.40. The van der Waals surface area contributed by atoms with E-state index in [1.165, 1.54) is 24.0 Å². The van der Waals surface area contributed by atoms with Gasteiger partial charge in [0.15, 0.2) is 0 Å². The monoisotopic (exact) mass is 267 g/mol. The van der Waals surface area contributed by atoms with E-state index >= 15 is 0 Å². The van der Waals surface area contributed by atoms with Crippen LogP contribution in [0.3, 0.4) is 0 Å². The summed E-state index contributed by atoms with van der Waals surface area (Å²) in [5, 5.41) is 0. The lowest BCUT2D eigenvalue weighted by atomic mass is 9.89. The predicted molar refractivity (Wildman–Crippen MR) is 82.3 cm³/mol. The second kappa shape index (κ2) is 6.06. The van der Waals surface area contributed by atoms with Crippen LogP contribution in [0.25, 0.3) is 0 Å². The van der Waals surface area contributed by atoms with Crippen LogP contribution in [0.1, 0.15) is 29.9 Å². The van der Waals surface area contributed by atoms with Crippen LogP contribution >= 0.6 is 0 Å². The molecule has 104 valence electrons. The van der Waals surface area contributed by atoms with E-state index in [0.29, 0.717) is 5.92 Å². The maximum atomic E-state index is 5.75. The molecule has 20 heavy (non-hydrogen) atoms. The van der Waals surface area contributed by atoms with Crippen LogP contribution < -0.4 is 5.73 Å². The number of aromatic nitrogens is 1. The van der Waals surface area contributed by atoms with Gasteiger partial charge in [-0.05, 0) is 67.2 Å². The van der Waals surface area contributed by atoms with E-state index in [9.17, 15) is 0 Å². The Morgan fingerprint density at radius 3 is 2.30 bits per heavy atom. The van der Waals surface area contributed by atoms with Crippen LogP contribution in [-0.4, -0.2) is 23.0 Å². The van der Waals surface area contributed by atoms with Crippen molar-refractivity contribution in [1.29, 1.82) is 0 Å². The Balaban J connectivity index is 1.55. The van der Waals surface area contributed by atoms with Gasteiger partial charge in [0, 0.05) is 24.6 Å². The van der Waals surface area contributed by atoms with Crippen LogP contribution in [-0.2, 0) is 6.54 Å². The predicted octanol–water partition coefficient (Wildman–Crippen LogP) is 3.04. The number of hydrogen-bond acceptors (Lipinski definition) is 3. The fourth-order valence-corrected chi connectivity index (χ4v) is 2.94. The third-order valence-electron chi connectivity index (χ3n) is 4.15. The normalized spacial score (nSPS) is 17.2. The average molecular weight is 267 g/mol. The molecular weight excluding hydrogens is 246 g/mol. The molecule has 2 aromatic rings. The molecule has 2 N–H and O–H groups in total. The van der Waals surface area contributed by atoms with Gasteiger partial charge in [0.25, 0.3) is 0 Å². The molecule has 3 nitrogen and oxygen atoms in total. The largest absolute Gasteiger partial charge is 0.399 e. The number of nitrogen functional groups attached to an aromatic ring is 1. The zero-order valence-corrected chi connectivity index (χ0v) is 11.7. The number of hydrogen-bond donors (Lipinski definition) is 1. The average Bonchev–Trinajstić information content (AvgIpc) is 2.50. The topological polar surface area (TPSA) is 42.1 Å². The summed E-state index contributed by atoms with van der Waals surface area (Å²) in [6.07, 6.45) is 6.21. The van der Waals surface area contributed by atoms with Crippen molar-refractivity contribution >= 4 is 5.69 Å². The molecule has 1 aliphatic rings. The highest BCUT2D eigenvalue weighted by atomic mass is 15.1. The minimum absolute atomic E-state index is 0.685. The molecule has 0 bridgehead atoms. The van der Waals surface area contributed by atoms with Gasteiger partial charge in [-0.1, -0.05) is 12.1 Å². The molecule has 1 aromatic carbocycles. The molecule has 3 rings (SSSR count). The first-order chi connectivity index (χ1) is 9.81. The Hall–Kier alpha value is -1.87. The van der Waals surface area contributed by atoms with Crippen LogP contribution in [0.5, 0.6) is 0 Å². The number of rotatable bonds is 3. The van der Waals surface area contributed by atoms with Crippen molar-refractivity contribution in [1.82, 2.24) is 9.88 Å². The summed E-state index contributed by atoms with van der Waals surface area (Å²) in [6.45, 7) is 3.37. The molecule has 0 radical (unpaired) electrons. The molecule has 3 heteroatoms. The van der Waals surface area contributed by atoms with Gasteiger partial charge in [-0.15, -0.1) is 0 Å². The summed E-state index contributed by atoms with van der Waals surface area (Å²) in [5.74, 6) is 0.685. The molecule has 1 aromatic heterocycles. The van der Waals surface area contributed by atoms with Gasteiger partial charge < -0.3 is 5.73 Å². The number of anilines is 1. The van der Waals surface area contributed by atoms with Crippen molar-refractivity contribution in [3.05, 3.63) is 59.9 Å². The third kappa shape index (κ3) is 3.17. The fraction of sp³-hybridized carbons (Fsp3) is 0.353. The van der Waals surface area contributed by atoms with Gasteiger partial charge in [-0.3, -0.25) is 9.88 Å². The van der Waals surface area contributed by atoms with Crippen LogP contribution in [0, 0.1) is 0 Å². The summed E-state index contributed by atoms with van der Waals surface area (Å²) in [5.41, 5.74) is 9.39. The summed E-state index contributed by atoms with van der Waals surface area (Å²) >= 11 is 0. The fourth-order valence-electron chi connectivity index (χ4n) is 2.94. The number of piperidine rings is 1. The minimum Gasteiger partial charge on any atom is -0.399 e. The third-order valence-corrected chi connectivity index (χ3v) is 4.15. The molecule has 1 fully saturated rings. The van der Waals surface area contributed by atoms with Crippen molar-refractivity contribution in [2.75, 3.05) is 18.8 Å². The Labute approximate surface area is 120 Å². The summed E-state index contributed by atoms with van der Waals surface area (Å²) in [4.78, 5) is 6.60. The molecule has 1 saturated heterocycles. The van der Waals surface area contributed by atoms with Crippen molar-refractivity contribution in [3.8, 4) is 0 Å². The van der Waals surface area contributed by atoms with Gasteiger partial charge >= 0.3 is 0 Å². The van der Waals surface area contributed by atoms with E-state index in [0.717, 1.165) is 25.3 Å². The SMILES string of the molecule is Nc1ccc(C2CCN(Cc3ccncc3)CC2)cc1. The van der Waals surface area contributed by atoms with Gasteiger partial charge in [0.05, 0.1) is 0 Å². The maximum Gasteiger partial charge on any atom is 0.0314 e. The van der Waals surface area contributed by atoms with E-state index in [1.807, 2.05) is 24.5 Å². The van der Waals surface area contributed by atoms with Crippen molar-refractivity contribution in [3.63, 3.8) is 0 Å². The van der Waals surface area contributed by atoms with Crippen molar-refractivity contribution in [2.24, 2.45) is 0 Å². The Morgan fingerprint density at radius 1 is 1.00 bits per heavy atom. The molecule has 1 aliphatic heterocycles. The number of nitrogens with zero attached hydrogens (tertiary/aromatic N) is 2. The molecule has 0 aliphatic carbocycles. The van der Waals surface area contributed by atoms with Gasteiger partial charge in [0.2, 0.25) is 0 Å². The molecule has 0 spiro atoms. The van der Waals surface area contributed by atoms with Crippen LogP contribution in [0.2, 0.25) is 0 Å². The van der Waals surface area contributed by atoms with E-state index < -0.39 is 0 Å². The lowest BCUT2D eigenvalue weighted by Crippen LogP contribution is -2.32. The quantitative estimate of drug-likeness (QED) is 0.869. The first kappa shape index (κ1) is 13.1. The second-order valence-corrected chi connectivity index (χ2v) is 5.57. The zero-order chi connectivity index (χ0) is 13.8. The van der Waals surface area contributed by atoms with Crippen LogP contribution in [0.15, 0.2) is 48.8 Å². The zero-order valence-electron chi connectivity index (χ0n) is 11.7. The number of nitrogens with two attached hydrogens (primary N) is 1. The summed E-state index contributed by atoms with van der Waals surface area (Å²) < 4.78 is 0. The van der Waals surface area contributed by atoms with Crippen molar-refractivity contribution in [2.45, 2.75) is 25.3 Å². The Bertz CT molecular complexity index is 528. The van der Waals surface area contributed by atoms with E-state index in [1.54, 1.807) is 0 Å². The standard InChI is InChI=1S/C17H21N3/c18-17-3-1-15(2-4-17)16-7-11-20(12-8-16)13-14-5-9-19-10-6-14/h1-6,9-10,16H,7-8,11-13,18H2. The maximum absolute atomic E-state index is 5.75. The van der Waals surface area contributed by atoms with Gasteiger partial charge in [-0.2, -0.15) is 0 Å². The minimum atomic E-state index is 0.685. The Kier molecular flexibility index (Phi) is 3.97. The van der Waals surface area contributed by atoms with E-state index in [4.69, 9.17) is 5.73 Å². The Morgan fingerprint density at radius 2 is 1.65 bits per heavy atom.